The lowest BCUT2D eigenvalue weighted by atomic mass is 10.0. The molecule has 0 bridgehead atoms. The summed E-state index contributed by atoms with van der Waals surface area (Å²) in [5.41, 5.74) is 0.819. The van der Waals surface area contributed by atoms with Crippen molar-refractivity contribution in [3.05, 3.63) is 46.4 Å². The van der Waals surface area contributed by atoms with Crippen LogP contribution in [0.3, 0.4) is 0 Å². The molecule has 2 N–H and O–H groups in total. The van der Waals surface area contributed by atoms with Gasteiger partial charge in [0.2, 0.25) is 15.9 Å². The second-order valence-electron chi connectivity index (χ2n) is 8.17. The Balaban J connectivity index is 1.47. The zero-order valence-electron chi connectivity index (χ0n) is 18.7. The highest BCUT2D eigenvalue weighted by molar-refractivity contribution is 7.93. The minimum atomic E-state index is -3.46. The number of carbonyl (C=O) groups is 1. The Kier molecular flexibility index (Phi) is 6.74. The summed E-state index contributed by atoms with van der Waals surface area (Å²) in [5, 5.41) is 2.65. The number of nitrogens with one attached hydrogen (secondary N) is 2. The predicted octanol–water partition coefficient (Wildman–Crippen LogP) is 3.62. The molecule has 0 unspecified atom stereocenters. The maximum Gasteiger partial charge on any atom is 0.270 e. The van der Waals surface area contributed by atoms with Crippen LogP contribution in [0.25, 0.3) is 11.3 Å². The van der Waals surface area contributed by atoms with E-state index in [2.05, 4.69) is 30.0 Å². The smallest absolute Gasteiger partial charge is 0.270 e. The molecule has 1 aliphatic rings. The van der Waals surface area contributed by atoms with E-state index in [0.717, 1.165) is 11.3 Å². The van der Waals surface area contributed by atoms with Crippen molar-refractivity contribution in [1.82, 2.24) is 25.3 Å². The summed E-state index contributed by atoms with van der Waals surface area (Å²) < 4.78 is 32.5. The van der Waals surface area contributed by atoms with Gasteiger partial charge in [-0.2, -0.15) is 0 Å². The van der Waals surface area contributed by atoms with Gasteiger partial charge in [0.15, 0.2) is 5.13 Å². The van der Waals surface area contributed by atoms with Crippen LogP contribution in [0.2, 0.25) is 4.34 Å². The predicted molar refractivity (Wildman–Crippen MR) is 130 cm³/mol. The summed E-state index contributed by atoms with van der Waals surface area (Å²) in [6.45, 7) is 5.79. The minimum Gasteiger partial charge on any atom is -0.477 e. The van der Waals surface area contributed by atoms with Crippen LogP contribution in [-0.4, -0.2) is 46.1 Å². The number of hydrogen-bond acceptors (Lipinski definition) is 9. The van der Waals surface area contributed by atoms with Gasteiger partial charge in [-0.25, -0.2) is 18.4 Å². The highest BCUT2D eigenvalue weighted by Crippen LogP contribution is 2.37. The zero-order chi connectivity index (χ0) is 24.5. The van der Waals surface area contributed by atoms with Gasteiger partial charge in [0, 0.05) is 11.8 Å². The zero-order valence-corrected chi connectivity index (χ0v) is 21.1. The van der Waals surface area contributed by atoms with Gasteiger partial charge in [0.1, 0.15) is 10.0 Å². The van der Waals surface area contributed by atoms with Crippen LogP contribution in [0.1, 0.15) is 49.8 Å². The van der Waals surface area contributed by atoms with Crippen LogP contribution in [-0.2, 0) is 15.6 Å². The third kappa shape index (κ3) is 5.45. The Hall–Kier alpha value is -2.83. The van der Waals surface area contributed by atoms with Crippen LogP contribution in [0.5, 0.6) is 5.88 Å². The van der Waals surface area contributed by atoms with Crippen molar-refractivity contribution in [2.75, 3.05) is 11.3 Å². The van der Waals surface area contributed by atoms with E-state index in [4.69, 9.17) is 16.3 Å². The highest BCUT2D eigenvalue weighted by Gasteiger charge is 2.37. The molecule has 0 aromatic carbocycles. The Morgan fingerprint density at radius 1 is 1.24 bits per heavy atom. The molecule has 10 nitrogen and oxygen atoms in total. The topological polar surface area (TPSA) is 136 Å². The lowest BCUT2D eigenvalue weighted by Crippen LogP contribution is -2.41. The largest absolute Gasteiger partial charge is 0.477 e. The summed E-state index contributed by atoms with van der Waals surface area (Å²) in [5.74, 6) is -0.0302. The van der Waals surface area contributed by atoms with Crippen molar-refractivity contribution in [1.29, 1.82) is 0 Å². The van der Waals surface area contributed by atoms with Crippen LogP contribution < -0.4 is 14.8 Å². The fourth-order valence-electron chi connectivity index (χ4n) is 3.11. The first-order chi connectivity index (χ1) is 16.1. The fourth-order valence-corrected chi connectivity index (χ4v) is 6.03. The monoisotopic (exact) mass is 522 g/mol. The second kappa shape index (κ2) is 9.43. The molecule has 3 aromatic rings. The summed E-state index contributed by atoms with van der Waals surface area (Å²) >= 11 is 7.35. The van der Waals surface area contributed by atoms with Crippen molar-refractivity contribution < 1.29 is 17.9 Å². The molecule has 0 aliphatic heterocycles. The molecule has 34 heavy (non-hydrogen) atoms. The van der Waals surface area contributed by atoms with Gasteiger partial charge in [-0.05, 0) is 45.7 Å². The number of sulfonamides is 1. The van der Waals surface area contributed by atoms with E-state index < -0.39 is 21.5 Å². The van der Waals surface area contributed by atoms with Crippen LogP contribution in [0.15, 0.2) is 30.7 Å². The minimum absolute atomic E-state index is 0.173. The average molecular weight is 523 g/mol. The van der Waals surface area contributed by atoms with Crippen molar-refractivity contribution >= 4 is 44.0 Å². The lowest BCUT2D eigenvalue weighted by Gasteiger charge is -2.24. The molecule has 1 fully saturated rings. The van der Waals surface area contributed by atoms with Gasteiger partial charge >= 0.3 is 0 Å². The molecular formula is C21H23ClN6O4S2. The molecule has 0 saturated heterocycles. The summed E-state index contributed by atoms with van der Waals surface area (Å²) in [4.78, 5) is 29.9. The Morgan fingerprint density at radius 3 is 2.65 bits per heavy atom. The SMILES string of the molecule is CCOc1cncc(-c2ccc(C(=O)NC(C)(C)c3nc(NS(=O)(=O)C4CC4)sc3Cl)nc2)n1. The molecule has 0 spiro atoms. The lowest BCUT2D eigenvalue weighted by molar-refractivity contribution is 0.0905. The van der Waals surface area contributed by atoms with Gasteiger partial charge in [0.05, 0.1) is 41.2 Å². The van der Waals surface area contributed by atoms with E-state index in [0.29, 0.717) is 42.3 Å². The molecule has 3 heterocycles. The standard InChI is InChI=1S/C21H23ClN6O4S2/c1-4-32-16-11-23-10-15(25-16)12-5-8-14(24-9-12)19(29)27-21(2,3)17-18(22)33-20(26-17)28-34(30,31)13-6-7-13/h5,8-11,13H,4,6-7H2,1-3H3,(H,26,28)(H,27,29). The van der Waals surface area contributed by atoms with E-state index in [9.17, 15) is 13.2 Å². The van der Waals surface area contributed by atoms with Crippen LogP contribution in [0.4, 0.5) is 5.13 Å². The summed E-state index contributed by atoms with van der Waals surface area (Å²) in [7, 11) is -3.46. The Bertz CT molecular complexity index is 1310. The number of pyridine rings is 1. The number of carbonyl (C=O) groups excluding carboxylic acids is 1. The van der Waals surface area contributed by atoms with E-state index in [1.54, 1.807) is 32.2 Å². The number of aromatic nitrogens is 4. The Morgan fingerprint density at radius 2 is 2.00 bits per heavy atom. The maximum absolute atomic E-state index is 12.9. The average Bonchev–Trinajstić information content (AvgIpc) is 3.58. The summed E-state index contributed by atoms with van der Waals surface area (Å²) in [6, 6.07) is 3.29. The van der Waals surface area contributed by atoms with Gasteiger partial charge < -0.3 is 10.1 Å². The number of hydrogen-bond donors (Lipinski definition) is 2. The van der Waals surface area contributed by atoms with Crippen molar-refractivity contribution in [2.45, 2.75) is 44.4 Å². The molecule has 4 rings (SSSR count). The quantitative estimate of drug-likeness (QED) is 0.435. The molecule has 13 heteroatoms. The number of thiazole rings is 1. The van der Waals surface area contributed by atoms with Gasteiger partial charge in [0.25, 0.3) is 5.91 Å². The van der Waals surface area contributed by atoms with E-state index in [1.165, 1.54) is 12.4 Å². The third-order valence-electron chi connectivity index (χ3n) is 4.99. The number of nitrogens with zero attached hydrogens (tertiary/aromatic N) is 4. The molecule has 0 radical (unpaired) electrons. The van der Waals surface area contributed by atoms with Crippen LogP contribution in [0, 0.1) is 0 Å². The van der Waals surface area contributed by atoms with Crippen LogP contribution >= 0.6 is 22.9 Å². The number of anilines is 1. The van der Waals surface area contributed by atoms with E-state index in [1.807, 2.05) is 6.92 Å². The first-order valence-electron chi connectivity index (χ1n) is 10.5. The molecule has 1 aliphatic carbocycles. The molecule has 3 aromatic heterocycles. The summed E-state index contributed by atoms with van der Waals surface area (Å²) in [6.07, 6.45) is 5.92. The number of amides is 1. The molecule has 0 atom stereocenters. The highest BCUT2D eigenvalue weighted by atomic mass is 35.5. The maximum atomic E-state index is 12.9. The first kappa shape index (κ1) is 24.3. The number of ether oxygens (including phenoxy) is 1. The van der Waals surface area contributed by atoms with Crippen molar-refractivity contribution in [3.8, 4) is 17.1 Å². The number of rotatable bonds is 9. The van der Waals surface area contributed by atoms with E-state index in [-0.39, 0.29) is 20.4 Å². The fraction of sp³-hybridized carbons (Fsp3) is 0.381. The third-order valence-corrected chi connectivity index (χ3v) is 8.12. The van der Waals surface area contributed by atoms with E-state index >= 15 is 0 Å². The van der Waals surface area contributed by atoms with Crippen molar-refractivity contribution in [3.63, 3.8) is 0 Å². The first-order valence-corrected chi connectivity index (χ1v) is 13.3. The van der Waals surface area contributed by atoms with Gasteiger partial charge in [-0.1, -0.05) is 22.9 Å². The Labute approximate surface area is 206 Å². The van der Waals surface area contributed by atoms with Gasteiger partial charge in [-0.15, -0.1) is 0 Å². The number of halogens is 1. The normalized spacial score (nSPS) is 14.0. The van der Waals surface area contributed by atoms with Crippen molar-refractivity contribution in [2.24, 2.45) is 0 Å². The van der Waals surface area contributed by atoms with Gasteiger partial charge in [-0.3, -0.25) is 19.5 Å². The molecule has 180 valence electrons. The molecule has 1 saturated carbocycles. The molecular weight excluding hydrogens is 500 g/mol. The second-order valence-corrected chi connectivity index (χ2v) is 11.7. The molecule has 1 amide bonds.